The van der Waals surface area contributed by atoms with Crippen molar-refractivity contribution < 1.29 is 14.3 Å². The van der Waals surface area contributed by atoms with Crippen molar-refractivity contribution in [3.8, 4) is 5.75 Å². The van der Waals surface area contributed by atoms with Crippen LogP contribution in [0.4, 0.5) is 0 Å². The van der Waals surface area contributed by atoms with Gasteiger partial charge in [0, 0.05) is 13.1 Å². The maximum absolute atomic E-state index is 12.0. The van der Waals surface area contributed by atoms with Crippen LogP contribution in [0.15, 0.2) is 42.0 Å². The number of carbonyl (C=O) groups excluding carboxylic acids is 1. The van der Waals surface area contributed by atoms with Crippen molar-refractivity contribution in [1.82, 2.24) is 19.8 Å². The monoisotopic (exact) mass is 315 g/mol. The van der Waals surface area contributed by atoms with Gasteiger partial charge in [0.2, 0.25) is 0 Å². The van der Waals surface area contributed by atoms with E-state index in [9.17, 15) is 4.79 Å². The predicted octanol–water partition coefficient (Wildman–Crippen LogP) is 0.398. The quantitative estimate of drug-likeness (QED) is 0.746. The average molecular weight is 315 g/mol. The van der Waals surface area contributed by atoms with E-state index in [2.05, 4.69) is 15.3 Å². The van der Waals surface area contributed by atoms with E-state index in [1.165, 1.54) is 17.3 Å². The van der Waals surface area contributed by atoms with Crippen LogP contribution in [0.25, 0.3) is 0 Å². The number of aromatic nitrogens is 3. The van der Waals surface area contributed by atoms with Crippen LogP contribution in [0.2, 0.25) is 0 Å². The molecule has 0 N–H and O–H groups in total. The lowest BCUT2D eigenvalue weighted by Gasteiger charge is -2.26. The Kier molecular flexibility index (Phi) is 4.95. The molecule has 1 aliphatic heterocycles. The minimum Gasteiger partial charge on any atom is -0.484 e. The fourth-order valence-corrected chi connectivity index (χ4v) is 2.09. The molecule has 0 bridgehead atoms. The molecule has 120 valence electrons. The van der Waals surface area contributed by atoms with Crippen molar-refractivity contribution >= 4 is 12.1 Å². The van der Waals surface area contributed by atoms with E-state index in [1.54, 1.807) is 23.2 Å². The summed E-state index contributed by atoms with van der Waals surface area (Å²) < 4.78 is 12.2. The lowest BCUT2D eigenvalue weighted by molar-refractivity contribution is -0.137. The minimum absolute atomic E-state index is 0.0217. The second-order valence-electron chi connectivity index (χ2n) is 4.94. The first kappa shape index (κ1) is 15.2. The van der Waals surface area contributed by atoms with Crippen molar-refractivity contribution in [2.75, 3.05) is 32.9 Å². The van der Waals surface area contributed by atoms with E-state index in [1.807, 2.05) is 12.1 Å². The molecular weight excluding hydrogens is 298 g/mol. The molecule has 0 atom stereocenters. The highest BCUT2D eigenvalue weighted by atomic mass is 16.5. The molecule has 2 aromatic rings. The number of nitrogens with zero attached hydrogens (tertiary/aromatic N) is 5. The molecule has 0 saturated carbocycles. The fraction of sp³-hybridized carbons (Fsp3) is 0.333. The zero-order valence-corrected chi connectivity index (χ0v) is 12.5. The summed E-state index contributed by atoms with van der Waals surface area (Å²) >= 11 is 0. The highest BCUT2D eigenvalue weighted by molar-refractivity contribution is 5.80. The van der Waals surface area contributed by atoms with Gasteiger partial charge in [0.05, 0.1) is 19.4 Å². The molecule has 1 aromatic carbocycles. The topological polar surface area (TPSA) is 81.8 Å². The molecule has 1 saturated heterocycles. The van der Waals surface area contributed by atoms with Crippen LogP contribution in [-0.2, 0) is 9.53 Å². The Hall–Kier alpha value is -2.74. The number of hydrogen-bond donors (Lipinski definition) is 0. The Morgan fingerprint density at radius 2 is 1.91 bits per heavy atom. The number of carbonyl (C=O) groups is 1. The van der Waals surface area contributed by atoms with Crippen molar-refractivity contribution in [2.24, 2.45) is 5.10 Å². The standard InChI is InChI=1S/C15H17N5O3/c21-15(19-5-7-22-8-6-19)10-23-14-3-1-13(2-4-14)9-18-20-11-16-17-12-20/h1-4,9,11-12H,5-8,10H2/b18-9-. The second-order valence-corrected chi connectivity index (χ2v) is 4.94. The Balaban J connectivity index is 1.50. The molecule has 1 amide bonds. The van der Waals surface area contributed by atoms with Gasteiger partial charge in [-0.25, -0.2) is 4.68 Å². The average Bonchev–Trinajstić information content (AvgIpc) is 3.13. The van der Waals surface area contributed by atoms with Gasteiger partial charge in [0.25, 0.3) is 5.91 Å². The SMILES string of the molecule is O=C(COc1ccc(/C=N\n2cnnc2)cc1)N1CCOCC1. The normalized spacial score (nSPS) is 15.0. The summed E-state index contributed by atoms with van der Waals surface area (Å²) in [4.78, 5) is 13.7. The van der Waals surface area contributed by atoms with Crippen LogP contribution in [-0.4, -0.2) is 64.8 Å². The van der Waals surface area contributed by atoms with Gasteiger partial charge in [-0.1, -0.05) is 0 Å². The number of amides is 1. The lowest BCUT2D eigenvalue weighted by Crippen LogP contribution is -2.42. The summed E-state index contributed by atoms with van der Waals surface area (Å²) in [7, 11) is 0. The van der Waals surface area contributed by atoms with E-state index in [0.29, 0.717) is 32.1 Å². The molecule has 2 heterocycles. The number of benzene rings is 1. The minimum atomic E-state index is -0.0217. The Morgan fingerprint density at radius 1 is 1.22 bits per heavy atom. The Labute approximate surface area is 133 Å². The summed E-state index contributed by atoms with van der Waals surface area (Å²) in [6, 6.07) is 7.34. The molecular formula is C15H17N5O3. The van der Waals surface area contributed by atoms with Gasteiger partial charge in [0.15, 0.2) is 6.61 Å². The maximum atomic E-state index is 12.0. The molecule has 8 heteroatoms. The lowest BCUT2D eigenvalue weighted by atomic mass is 10.2. The van der Waals surface area contributed by atoms with Crippen LogP contribution in [0, 0.1) is 0 Å². The molecule has 1 fully saturated rings. The van der Waals surface area contributed by atoms with Gasteiger partial charge >= 0.3 is 0 Å². The molecule has 0 spiro atoms. The summed E-state index contributed by atoms with van der Waals surface area (Å²) in [6.07, 6.45) is 4.70. The van der Waals surface area contributed by atoms with E-state index in [4.69, 9.17) is 9.47 Å². The van der Waals surface area contributed by atoms with Crippen LogP contribution < -0.4 is 4.74 Å². The van der Waals surface area contributed by atoms with Gasteiger partial charge in [-0.05, 0) is 29.8 Å². The van der Waals surface area contributed by atoms with Crippen molar-refractivity contribution in [3.63, 3.8) is 0 Å². The molecule has 3 rings (SSSR count). The largest absolute Gasteiger partial charge is 0.484 e. The Bertz CT molecular complexity index is 648. The number of hydrogen-bond acceptors (Lipinski definition) is 6. The van der Waals surface area contributed by atoms with Crippen LogP contribution >= 0.6 is 0 Å². The highest BCUT2D eigenvalue weighted by Gasteiger charge is 2.16. The van der Waals surface area contributed by atoms with Gasteiger partial charge in [-0.15, -0.1) is 10.2 Å². The summed E-state index contributed by atoms with van der Waals surface area (Å²) in [5.74, 6) is 0.625. The third-order valence-corrected chi connectivity index (χ3v) is 3.35. The molecule has 0 aliphatic carbocycles. The summed E-state index contributed by atoms with van der Waals surface area (Å²) in [5.41, 5.74) is 0.908. The second kappa shape index (κ2) is 7.50. The molecule has 8 nitrogen and oxygen atoms in total. The highest BCUT2D eigenvalue weighted by Crippen LogP contribution is 2.11. The maximum Gasteiger partial charge on any atom is 0.260 e. The first-order chi connectivity index (χ1) is 11.3. The number of morpholine rings is 1. The van der Waals surface area contributed by atoms with Crippen LogP contribution in [0.3, 0.4) is 0 Å². The molecule has 0 radical (unpaired) electrons. The van der Waals surface area contributed by atoms with Crippen LogP contribution in [0.5, 0.6) is 5.75 Å². The summed E-state index contributed by atoms with van der Waals surface area (Å²) in [6.45, 7) is 2.47. The smallest absolute Gasteiger partial charge is 0.260 e. The van der Waals surface area contributed by atoms with Crippen LogP contribution in [0.1, 0.15) is 5.56 Å². The third-order valence-electron chi connectivity index (χ3n) is 3.35. The molecule has 1 aliphatic rings. The third kappa shape index (κ3) is 4.36. The van der Waals surface area contributed by atoms with Gasteiger partial charge < -0.3 is 14.4 Å². The zero-order valence-electron chi connectivity index (χ0n) is 12.5. The molecule has 0 unspecified atom stereocenters. The fourth-order valence-electron chi connectivity index (χ4n) is 2.09. The van der Waals surface area contributed by atoms with Gasteiger partial charge in [-0.2, -0.15) is 5.10 Å². The zero-order chi connectivity index (χ0) is 15.9. The van der Waals surface area contributed by atoms with E-state index < -0.39 is 0 Å². The van der Waals surface area contributed by atoms with E-state index in [0.717, 1.165) is 5.56 Å². The van der Waals surface area contributed by atoms with E-state index >= 15 is 0 Å². The van der Waals surface area contributed by atoms with Crippen molar-refractivity contribution in [1.29, 1.82) is 0 Å². The molecule has 1 aromatic heterocycles. The first-order valence-corrected chi connectivity index (χ1v) is 7.28. The van der Waals surface area contributed by atoms with Crippen molar-refractivity contribution in [2.45, 2.75) is 0 Å². The predicted molar refractivity (Wildman–Crippen MR) is 82.4 cm³/mol. The Morgan fingerprint density at radius 3 is 2.61 bits per heavy atom. The summed E-state index contributed by atoms with van der Waals surface area (Å²) in [5, 5.41) is 11.5. The number of ether oxygens (including phenoxy) is 2. The van der Waals surface area contributed by atoms with Gasteiger partial charge in [-0.3, -0.25) is 4.79 Å². The first-order valence-electron chi connectivity index (χ1n) is 7.28. The van der Waals surface area contributed by atoms with E-state index in [-0.39, 0.29) is 12.5 Å². The van der Waals surface area contributed by atoms with Gasteiger partial charge in [0.1, 0.15) is 18.4 Å². The molecule has 23 heavy (non-hydrogen) atoms. The number of rotatable bonds is 5. The van der Waals surface area contributed by atoms with Crippen molar-refractivity contribution in [3.05, 3.63) is 42.5 Å².